The molecule has 0 unspecified atom stereocenters. The number of ketones is 1. The molecule has 23 heavy (non-hydrogen) atoms. The number of Topliss-reactive ketones (excluding diaryl/α,β-unsaturated/α-hetero) is 1. The summed E-state index contributed by atoms with van der Waals surface area (Å²) >= 11 is 0. The van der Waals surface area contributed by atoms with Gasteiger partial charge in [0.15, 0.2) is 5.78 Å². The van der Waals surface area contributed by atoms with E-state index >= 15 is 0 Å². The number of carbonyl (C=O) groups is 1. The van der Waals surface area contributed by atoms with Gasteiger partial charge in [-0.05, 0) is 30.2 Å². The predicted molar refractivity (Wildman–Crippen MR) is 95.6 cm³/mol. The minimum absolute atomic E-state index is 0.0134. The Morgan fingerprint density at radius 2 is 1.91 bits per heavy atom. The molecule has 0 fully saturated rings. The van der Waals surface area contributed by atoms with E-state index in [0.29, 0.717) is 13.2 Å². The van der Waals surface area contributed by atoms with Gasteiger partial charge in [-0.15, -0.1) is 0 Å². The zero-order chi connectivity index (χ0) is 17.1. The van der Waals surface area contributed by atoms with Gasteiger partial charge in [0.25, 0.3) is 0 Å². The number of allylic oxidation sites excluding steroid dienone is 5. The predicted octanol–water partition coefficient (Wildman–Crippen LogP) is 4.45. The molecular weight excluding hydrogens is 288 g/mol. The zero-order valence-corrected chi connectivity index (χ0v) is 14.2. The highest BCUT2D eigenvalue weighted by atomic mass is 16.5. The van der Waals surface area contributed by atoms with Gasteiger partial charge in [0, 0.05) is 5.92 Å². The Hall–Kier alpha value is -2.13. The third-order valence-electron chi connectivity index (χ3n) is 3.30. The molecule has 0 saturated carbocycles. The SMILES string of the molecule is C=C/C=C\C(=C/C)c1ccc(OCCOCC(=O)C(C)C)cc1. The van der Waals surface area contributed by atoms with Gasteiger partial charge in [-0.25, -0.2) is 0 Å². The summed E-state index contributed by atoms with van der Waals surface area (Å²) in [7, 11) is 0. The van der Waals surface area contributed by atoms with E-state index in [1.54, 1.807) is 6.08 Å². The molecule has 0 aliphatic rings. The second-order valence-corrected chi connectivity index (χ2v) is 5.39. The minimum atomic E-state index is 0.0134. The lowest BCUT2D eigenvalue weighted by Crippen LogP contribution is -2.17. The molecule has 1 rings (SSSR count). The number of ether oxygens (including phenoxy) is 2. The van der Waals surface area contributed by atoms with E-state index < -0.39 is 0 Å². The van der Waals surface area contributed by atoms with Crippen LogP contribution in [0.25, 0.3) is 5.57 Å². The Morgan fingerprint density at radius 3 is 2.48 bits per heavy atom. The highest BCUT2D eigenvalue weighted by molar-refractivity contribution is 5.81. The van der Waals surface area contributed by atoms with Crippen molar-refractivity contribution in [3.8, 4) is 5.75 Å². The molecule has 0 aliphatic carbocycles. The normalized spacial score (nSPS) is 11.9. The van der Waals surface area contributed by atoms with Crippen molar-refractivity contribution in [1.29, 1.82) is 0 Å². The van der Waals surface area contributed by atoms with Crippen LogP contribution in [0.15, 0.2) is 55.1 Å². The van der Waals surface area contributed by atoms with E-state index in [1.807, 2.05) is 57.2 Å². The van der Waals surface area contributed by atoms with Crippen molar-refractivity contribution < 1.29 is 14.3 Å². The third-order valence-corrected chi connectivity index (χ3v) is 3.30. The monoisotopic (exact) mass is 314 g/mol. The summed E-state index contributed by atoms with van der Waals surface area (Å²) in [6.45, 7) is 10.4. The lowest BCUT2D eigenvalue weighted by Gasteiger charge is -2.09. The van der Waals surface area contributed by atoms with Crippen LogP contribution in [0.4, 0.5) is 0 Å². The first-order valence-corrected chi connectivity index (χ1v) is 7.87. The number of benzene rings is 1. The maximum atomic E-state index is 11.4. The standard InChI is InChI=1S/C20H26O3/c1-5-7-8-17(6-2)18-9-11-19(12-10-18)23-14-13-22-15-20(21)16(3)4/h5-12,16H,1,13-15H2,2-4H3/b8-7-,17-6+. The van der Waals surface area contributed by atoms with Crippen molar-refractivity contribution in [2.45, 2.75) is 20.8 Å². The van der Waals surface area contributed by atoms with Crippen LogP contribution in [-0.2, 0) is 9.53 Å². The third kappa shape index (κ3) is 7.11. The molecule has 0 radical (unpaired) electrons. The lowest BCUT2D eigenvalue weighted by molar-refractivity contribution is -0.126. The van der Waals surface area contributed by atoms with Crippen molar-refractivity contribution in [2.24, 2.45) is 5.92 Å². The first kappa shape index (κ1) is 18.9. The molecule has 0 heterocycles. The quantitative estimate of drug-likeness (QED) is 0.473. The fraction of sp³-hybridized carbons (Fsp3) is 0.350. The van der Waals surface area contributed by atoms with Gasteiger partial charge in [0.05, 0.1) is 6.61 Å². The Bertz CT molecular complexity index is 551. The van der Waals surface area contributed by atoms with Crippen molar-refractivity contribution in [2.75, 3.05) is 19.8 Å². The highest BCUT2D eigenvalue weighted by Gasteiger charge is 2.06. The number of hydrogen-bond acceptors (Lipinski definition) is 3. The van der Waals surface area contributed by atoms with Crippen molar-refractivity contribution in [3.63, 3.8) is 0 Å². The first-order valence-electron chi connectivity index (χ1n) is 7.87. The van der Waals surface area contributed by atoms with Gasteiger partial charge < -0.3 is 9.47 Å². The molecular formula is C20H26O3. The summed E-state index contributed by atoms with van der Waals surface area (Å²) in [6, 6.07) is 7.89. The lowest BCUT2D eigenvalue weighted by atomic mass is 10.1. The van der Waals surface area contributed by atoms with Gasteiger partial charge in [-0.1, -0.05) is 56.9 Å². The minimum Gasteiger partial charge on any atom is -0.491 e. The van der Waals surface area contributed by atoms with E-state index in [4.69, 9.17) is 9.47 Å². The van der Waals surface area contributed by atoms with Crippen LogP contribution in [0.3, 0.4) is 0 Å². The Morgan fingerprint density at radius 1 is 1.22 bits per heavy atom. The summed E-state index contributed by atoms with van der Waals surface area (Å²) in [6.07, 6.45) is 7.73. The number of hydrogen-bond donors (Lipinski definition) is 0. The fourth-order valence-electron chi connectivity index (χ4n) is 1.83. The second kappa shape index (κ2) is 10.6. The van der Waals surface area contributed by atoms with Crippen LogP contribution in [-0.4, -0.2) is 25.6 Å². The smallest absolute Gasteiger partial charge is 0.160 e. The van der Waals surface area contributed by atoms with Crippen LogP contribution in [0.5, 0.6) is 5.75 Å². The molecule has 0 aliphatic heterocycles. The fourth-order valence-corrected chi connectivity index (χ4v) is 1.83. The van der Waals surface area contributed by atoms with Gasteiger partial charge in [-0.3, -0.25) is 4.79 Å². The molecule has 0 bridgehead atoms. The molecule has 0 saturated heterocycles. The topological polar surface area (TPSA) is 35.5 Å². The molecule has 0 aromatic heterocycles. The summed E-state index contributed by atoms with van der Waals surface area (Å²) < 4.78 is 10.9. The van der Waals surface area contributed by atoms with Crippen LogP contribution < -0.4 is 4.74 Å². The zero-order valence-electron chi connectivity index (χ0n) is 14.2. The maximum Gasteiger partial charge on any atom is 0.160 e. The Balaban J connectivity index is 2.41. The molecule has 0 amide bonds. The molecule has 3 nitrogen and oxygen atoms in total. The van der Waals surface area contributed by atoms with Gasteiger partial charge in [0.2, 0.25) is 0 Å². The van der Waals surface area contributed by atoms with E-state index in [0.717, 1.165) is 16.9 Å². The van der Waals surface area contributed by atoms with Crippen molar-refractivity contribution in [3.05, 3.63) is 60.7 Å². The number of rotatable bonds is 10. The van der Waals surface area contributed by atoms with Gasteiger partial charge >= 0.3 is 0 Å². The van der Waals surface area contributed by atoms with E-state index in [9.17, 15) is 4.79 Å². The van der Waals surface area contributed by atoms with E-state index in [1.165, 1.54) is 0 Å². The molecule has 1 aromatic rings. The average Bonchev–Trinajstić information content (AvgIpc) is 2.56. The van der Waals surface area contributed by atoms with Gasteiger partial charge in [0.1, 0.15) is 19.0 Å². The summed E-state index contributed by atoms with van der Waals surface area (Å²) in [5, 5.41) is 0. The van der Waals surface area contributed by atoms with Crippen molar-refractivity contribution >= 4 is 11.4 Å². The van der Waals surface area contributed by atoms with Crippen LogP contribution in [0.2, 0.25) is 0 Å². The molecule has 0 atom stereocenters. The Kier molecular flexibility index (Phi) is 8.70. The van der Waals surface area contributed by atoms with Crippen molar-refractivity contribution in [1.82, 2.24) is 0 Å². The van der Waals surface area contributed by atoms with Crippen LogP contribution in [0.1, 0.15) is 26.3 Å². The summed E-state index contributed by atoms with van der Waals surface area (Å²) in [4.78, 5) is 11.4. The van der Waals surface area contributed by atoms with E-state index in [2.05, 4.69) is 12.7 Å². The second-order valence-electron chi connectivity index (χ2n) is 5.39. The molecule has 0 spiro atoms. The molecule has 124 valence electrons. The Labute approximate surface area is 139 Å². The summed E-state index contributed by atoms with van der Waals surface area (Å²) in [5.41, 5.74) is 2.25. The average molecular weight is 314 g/mol. The molecule has 1 aromatic carbocycles. The van der Waals surface area contributed by atoms with Crippen LogP contribution in [0, 0.1) is 5.92 Å². The molecule has 0 N–H and O–H groups in total. The first-order chi connectivity index (χ1) is 11.1. The maximum absolute atomic E-state index is 11.4. The summed E-state index contributed by atoms with van der Waals surface area (Å²) in [5.74, 6) is 0.913. The largest absolute Gasteiger partial charge is 0.491 e. The highest BCUT2D eigenvalue weighted by Crippen LogP contribution is 2.20. The van der Waals surface area contributed by atoms with E-state index in [-0.39, 0.29) is 18.3 Å². The van der Waals surface area contributed by atoms with Gasteiger partial charge in [-0.2, -0.15) is 0 Å². The van der Waals surface area contributed by atoms with Crippen LogP contribution >= 0.6 is 0 Å². The number of carbonyl (C=O) groups excluding carboxylic acids is 1. The molecule has 3 heteroatoms.